The molecule has 0 radical (unpaired) electrons. The van der Waals surface area contributed by atoms with E-state index in [0.717, 1.165) is 34.3 Å². The first-order valence-corrected chi connectivity index (χ1v) is 10.5. The Morgan fingerprint density at radius 2 is 1.93 bits per heavy atom. The maximum absolute atomic E-state index is 12.4. The zero-order valence-electron chi connectivity index (χ0n) is 16.8. The maximum atomic E-state index is 12.4. The summed E-state index contributed by atoms with van der Waals surface area (Å²) in [5.74, 6) is 1.51. The van der Waals surface area contributed by atoms with Crippen LogP contribution in [0.4, 0.5) is 5.69 Å². The van der Waals surface area contributed by atoms with E-state index in [0.29, 0.717) is 5.92 Å². The highest BCUT2D eigenvalue weighted by atomic mass is 32.2. The summed E-state index contributed by atoms with van der Waals surface area (Å²) >= 11 is 1.41. The van der Waals surface area contributed by atoms with E-state index in [4.69, 9.17) is 0 Å². The summed E-state index contributed by atoms with van der Waals surface area (Å²) in [6, 6.07) is 16.1. The molecular formula is C22H26N4OS. The first-order valence-electron chi connectivity index (χ1n) is 9.51. The van der Waals surface area contributed by atoms with Gasteiger partial charge in [-0.15, -0.1) is 10.2 Å². The average molecular weight is 395 g/mol. The average Bonchev–Trinajstić information content (AvgIpc) is 3.09. The van der Waals surface area contributed by atoms with Gasteiger partial charge in [0.15, 0.2) is 11.0 Å². The summed E-state index contributed by atoms with van der Waals surface area (Å²) in [7, 11) is 0. The Morgan fingerprint density at radius 1 is 1.14 bits per heavy atom. The molecular weight excluding hydrogens is 368 g/mol. The lowest BCUT2D eigenvalue weighted by Crippen LogP contribution is -2.15. The second-order valence-corrected chi connectivity index (χ2v) is 7.92. The van der Waals surface area contributed by atoms with Crippen molar-refractivity contribution in [1.29, 1.82) is 0 Å². The lowest BCUT2D eigenvalue weighted by Gasteiger charge is -2.10. The first-order chi connectivity index (χ1) is 13.5. The molecule has 28 heavy (non-hydrogen) atoms. The Hall–Kier alpha value is -2.60. The predicted octanol–water partition coefficient (Wildman–Crippen LogP) is 5.13. The van der Waals surface area contributed by atoms with E-state index in [1.807, 2.05) is 36.4 Å². The number of nitrogens with zero attached hydrogens (tertiary/aromatic N) is 3. The summed E-state index contributed by atoms with van der Waals surface area (Å²) in [5.41, 5.74) is 4.26. The number of rotatable bonds is 7. The van der Waals surface area contributed by atoms with Gasteiger partial charge >= 0.3 is 0 Å². The Balaban J connectivity index is 1.69. The molecule has 1 heterocycles. The van der Waals surface area contributed by atoms with E-state index in [2.05, 4.69) is 59.9 Å². The number of benzene rings is 2. The predicted molar refractivity (Wildman–Crippen MR) is 116 cm³/mol. The molecule has 0 aliphatic heterocycles. The van der Waals surface area contributed by atoms with E-state index in [-0.39, 0.29) is 11.7 Å². The topological polar surface area (TPSA) is 59.8 Å². The number of aromatic nitrogens is 3. The monoisotopic (exact) mass is 394 g/mol. The molecule has 5 nitrogen and oxygen atoms in total. The summed E-state index contributed by atoms with van der Waals surface area (Å²) in [5, 5.41) is 12.4. The van der Waals surface area contributed by atoms with Crippen LogP contribution in [-0.4, -0.2) is 26.4 Å². The molecule has 0 unspecified atom stereocenters. The highest BCUT2D eigenvalue weighted by Crippen LogP contribution is 2.26. The molecule has 0 aliphatic carbocycles. The van der Waals surface area contributed by atoms with E-state index in [9.17, 15) is 4.79 Å². The van der Waals surface area contributed by atoms with Crippen molar-refractivity contribution >= 4 is 23.4 Å². The van der Waals surface area contributed by atoms with E-state index in [1.54, 1.807) is 0 Å². The van der Waals surface area contributed by atoms with Gasteiger partial charge in [0.1, 0.15) is 0 Å². The van der Waals surface area contributed by atoms with Crippen LogP contribution in [0.15, 0.2) is 53.7 Å². The van der Waals surface area contributed by atoms with Crippen molar-refractivity contribution in [2.75, 3.05) is 11.1 Å². The van der Waals surface area contributed by atoms with Crippen molar-refractivity contribution in [3.63, 3.8) is 0 Å². The van der Waals surface area contributed by atoms with Gasteiger partial charge in [0.25, 0.3) is 0 Å². The molecule has 1 N–H and O–H groups in total. The molecule has 0 aliphatic rings. The molecule has 6 heteroatoms. The molecule has 1 amide bonds. The van der Waals surface area contributed by atoms with Crippen molar-refractivity contribution in [2.45, 2.75) is 45.3 Å². The molecule has 0 saturated carbocycles. The zero-order valence-corrected chi connectivity index (χ0v) is 17.6. The van der Waals surface area contributed by atoms with Crippen molar-refractivity contribution < 1.29 is 4.79 Å². The number of hydrogen-bond acceptors (Lipinski definition) is 4. The molecule has 0 spiro atoms. The van der Waals surface area contributed by atoms with Crippen LogP contribution in [0, 0.1) is 6.92 Å². The third kappa shape index (κ3) is 4.62. The fraction of sp³-hybridized carbons (Fsp3) is 0.318. The molecule has 0 fully saturated rings. The number of carbonyl (C=O) groups is 1. The van der Waals surface area contributed by atoms with E-state index < -0.39 is 0 Å². The van der Waals surface area contributed by atoms with E-state index >= 15 is 0 Å². The second kappa shape index (κ2) is 9.06. The fourth-order valence-corrected chi connectivity index (χ4v) is 3.81. The fourth-order valence-electron chi connectivity index (χ4n) is 3.01. The number of nitrogens with one attached hydrogen (secondary N) is 1. The Bertz CT molecular complexity index is 965. The quantitative estimate of drug-likeness (QED) is 0.565. The molecule has 1 aromatic heterocycles. The van der Waals surface area contributed by atoms with Crippen LogP contribution in [0.3, 0.4) is 0 Å². The van der Waals surface area contributed by atoms with Gasteiger partial charge in [-0.05, 0) is 43.0 Å². The first kappa shape index (κ1) is 20.1. The van der Waals surface area contributed by atoms with Gasteiger partial charge in [-0.25, -0.2) is 0 Å². The summed E-state index contributed by atoms with van der Waals surface area (Å²) in [6.45, 7) is 9.15. The number of hydrogen-bond donors (Lipinski definition) is 1. The van der Waals surface area contributed by atoms with Crippen molar-refractivity contribution in [2.24, 2.45) is 0 Å². The lowest BCUT2D eigenvalue weighted by atomic mass is 10.0. The molecule has 0 bridgehead atoms. The van der Waals surface area contributed by atoms with Gasteiger partial charge < -0.3 is 9.88 Å². The highest BCUT2D eigenvalue weighted by molar-refractivity contribution is 7.99. The molecule has 2 aromatic carbocycles. The maximum Gasteiger partial charge on any atom is 0.234 e. The van der Waals surface area contributed by atoms with Crippen LogP contribution in [0.2, 0.25) is 0 Å². The van der Waals surface area contributed by atoms with Crippen LogP contribution < -0.4 is 5.32 Å². The second-order valence-electron chi connectivity index (χ2n) is 6.98. The summed E-state index contributed by atoms with van der Waals surface area (Å²) < 4.78 is 2.06. The number of anilines is 1. The van der Waals surface area contributed by atoms with Crippen LogP contribution in [0.5, 0.6) is 0 Å². The zero-order chi connectivity index (χ0) is 20.1. The Labute approximate surface area is 170 Å². The third-order valence-electron chi connectivity index (χ3n) is 4.59. The Kier molecular flexibility index (Phi) is 6.52. The largest absolute Gasteiger partial charge is 0.325 e. The number of thioether (sulfide) groups is 1. The van der Waals surface area contributed by atoms with Crippen molar-refractivity contribution in [1.82, 2.24) is 14.8 Å². The van der Waals surface area contributed by atoms with Gasteiger partial charge in [-0.1, -0.05) is 62.0 Å². The van der Waals surface area contributed by atoms with Crippen LogP contribution >= 0.6 is 11.8 Å². The molecule has 0 saturated heterocycles. The van der Waals surface area contributed by atoms with Crippen LogP contribution in [0.25, 0.3) is 11.4 Å². The van der Waals surface area contributed by atoms with Gasteiger partial charge in [0.2, 0.25) is 5.91 Å². The van der Waals surface area contributed by atoms with Crippen molar-refractivity contribution in [3.8, 4) is 11.4 Å². The summed E-state index contributed by atoms with van der Waals surface area (Å²) in [6.07, 6.45) is 0. The SMILES string of the molecule is CCn1c(SCC(=O)Nc2cccc(C(C)C)c2)nnc1-c1ccccc1C. The van der Waals surface area contributed by atoms with Gasteiger partial charge in [0.05, 0.1) is 5.75 Å². The third-order valence-corrected chi connectivity index (χ3v) is 5.56. The normalized spacial score (nSPS) is 11.0. The minimum Gasteiger partial charge on any atom is -0.325 e. The smallest absolute Gasteiger partial charge is 0.234 e. The molecule has 3 rings (SSSR count). The standard InChI is InChI=1S/C22H26N4OS/c1-5-26-21(19-12-7-6-9-16(19)4)24-25-22(26)28-14-20(27)23-18-11-8-10-17(13-18)15(2)3/h6-13,15H,5,14H2,1-4H3,(H,23,27). The minimum atomic E-state index is -0.0472. The van der Waals surface area contributed by atoms with Crippen LogP contribution in [0.1, 0.15) is 37.8 Å². The number of amides is 1. The molecule has 0 atom stereocenters. The Morgan fingerprint density at radius 3 is 2.64 bits per heavy atom. The van der Waals surface area contributed by atoms with Crippen LogP contribution in [-0.2, 0) is 11.3 Å². The molecule has 3 aromatic rings. The van der Waals surface area contributed by atoms with E-state index in [1.165, 1.54) is 17.3 Å². The molecule has 146 valence electrons. The minimum absolute atomic E-state index is 0.0472. The highest BCUT2D eigenvalue weighted by Gasteiger charge is 2.16. The summed E-state index contributed by atoms with van der Waals surface area (Å²) in [4.78, 5) is 12.4. The number of aryl methyl sites for hydroxylation is 1. The lowest BCUT2D eigenvalue weighted by molar-refractivity contribution is -0.113. The van der Waals surface area contributed by atoms with Gasteiger partial charge in [-0.3, -0.25) is 4.79 Å². The number of carbonyl (C=O) groups excluding carboxylic acids is 1. The van der Waals surface area contributed by atoms with Gasteiger partial charge in [-0.2, -0.15) is 0 Å². The van der Waals surface area contributed by atoms with Crippen molar-refractivity contribution in [3.05, 3.63) is 59.7 Å². The van der Waals surface area contributed by atoms with Gasteiger partial charge in [0, 0.05) is 17.8 Å².